The number of piperidine rings is 1. The van der Waals surface area contributed by atoms with E-state index in [1.54, 1.807) is 0 Å². The van der Waals surface area contributed by atoms with Gasteiger partial charge in [-0.3, -0.25) is 9.59 Å². The topological polar surface area (TPSA) is 83.6 Å². The van der Waals surface area contributed by atoms with Crippen LogP contribution in [0, 0.1) is 11.8 Å². The number of Topliss-reactive ketones (excluding diaryl/α,β-unsaturated/α-hetero) is 1. The van der Waals surface area contributed by atoms with Gasteiger partial charge >= 0.3 is 0 Å². The Morgan fingerprint density at radius 2 is 1.55 bits per heavy atom. The van der Waals surface area contributed by atoms with Crippen LogP contribution in [-0.2, 0) is 14.8 Å². The van der Waals surface area contributed by atoms with E-state index in [-0.39, 0.29) is 28.5 Å². The second kappa shape index (κ2) is 8.93. The van der Waals surface area contributed by atoms with Crippen molar-refractivity contribution in [3.8, 4) is 0 Å². The van der Waals surface area contributed by atoms with Crippen molar-refractivity contribution in [3.05, 3.63) is 65.7 Å². The predicted molar refractivity (Wildman–Crippen MR) is 118 cm³/mol. The molecule has 1 unspecified atom stereocenters. The summed E-state index contributed by atoms with van der Waals surface area (Å²) in [4.78, 5) is 24.5. The number of amides is 1. The van der Waals surface area contributed by atoms with Crippen LogP contribution in [-0.4, -0.2) is 37.5 Å². The molecule has 2 aromatic rings. The zero-order chi connectivity index (χ0) is 22.0. The molecule has 2 fully saturated rings. The first-order valence-electron chi connectivity index (χ1n) is 10.8. The number of nitrogens with one attached hydrogen (secondary N) is 1. The smallest absolute Gasteiger partial charge is 0.243 e. The number of carbonyl (C=O) groups is 2. The molecule has 0 aromatic heterocycles. The van der Waals surface area contributed by atoms with E-state index in [0.29, 0.717) is 37.4 Å². The van der Waals surface area contributed by atoms with Crippen molar-refractivity contribution in [2.45, 2.75) is 43.5 Å². The summed E-state index contributed by atoms with van der Waals surface area (Å²) >= 11 is 0. The van der Waals surface area contributed by atoms with Crippen LogP contribution in [0.5, 0.6) is 0 Å². The Balaban J connectivity index is 1.37. The van der Waals surface area contributed by atoms with Gasteiger partial charge in [-0.25, -0.2) is 8.42 Å². The summed E-state index contributed by atoms with van der Waals surface area (Å²) in [5, 5.41) is 3.23. The van der Waals surface area contributed by atoms with Crippen LogP contribution in [0.3, 0.4) is 0 Å². The molecule has 1 heterocycles. The summed E-state index contributed by atoms with van der Waals surface area (Å²) in [6.07, 6.45) is 3.25. The highest BCUT2D eigenvalue weighted by molar-refractivity contribution is 7.89. The van der Waals surface area contributed by atoms with Crippen LogP contribution < -0.4 is 5.32 Å². The maximum absolute atomic E-state index is 12.9. The van der Waals surface area contributed by atoms with Crippen molar-refractivity contribution in [3.63, 3.8) is 0 Å². The third-order valence-electron chi connectivity index (χ3n) is 6.27. The molecule has 1 saturated heterocycles. The van der Waals surface area contributed by atoms with Crippen LogP contribution in [0.2, 0.25) is 0 Å². The predicted octanol–water partition coefficient (Wildman–Crippen LogP) is 3.56. The molecule has 1 atom stereocenters. The molecular formula is C24H28N2O4S. The van der Waals surface area contributed by atoms with E-state index in [1.807, 2.05) is 18.2 Å². The lowest BCUT2D eigenvalue weighted by atomic mass is 9.95. The molecule has 1 saturated carbocycles. The number of rotatable bonds is 7. The lowest BCUT2D eigenvalue weighted by Gasteiger charge is -2.31. The molecule has 1 amide bonds. The molecule has 4 rings (SSSR count). The summed E-state index contributed by atoms with van der Waals surface area (Å²) in [5.74, 6) is 0.223. The third kappa shape index (κ3) is 4.88. The third-order valence-corrected chi connectivity index (χ3v) is 8.19. The van der Waals surface area contributed by atoms with Gasteiger partial charge in [0.25, 0.3) is 0 Å². The summed E-state index contributed by atoms with van der Waals surface area (Å²) in [7, 11) is -3.63. The monoisotopic (exact) mass is 440 g/mol. The van der Waals surface area contributed by atoms with Crippen molar-refractivity contribution in [2.24, 2.45) is 11.8 Å². The van der Waals surface area contributed by atoms with Crippen molar-refractivity contribution in [2.75, 3.05) is 13.1 Å². The van der Waals surface area contributed by atoms with Gasteiger partial charge in [-0.1, -0.05) is 42.5 Å². The summed E-state index contributed by atoms with van der Waals surface area (Å²) in [5.41, 5.74) is 1.62. The molecule has 6 nitrogen and oxygen atoms in total. The molecule has 31 heavy (non-hydrogen) atoms. The minimum Gasteiger partial charge on any atom is -0.349 e. The first-order chi connectivity index (χ1) is 14.9. The fraction of sp³-hybridized carbons (Fsp3) is 0.417. The highest BCUT2D eigenvalue weighted by Crippen LogP contribution is 2.41. The first kappa shape index (κ1) is 21.7. The van der Waals surface area contributed by atoms with Gasteiger partial charge in [-0.15, -0.1) is 0 Å². The fourth-order valence-electron chi connectivity index (χ4n) is 4.20. The van der Waals surface area contributed by atoms with Gasteiger partial charge in [0.1, 0.15) is 0 Å². The van der Waals surface area contributed by atoms with Gasteiger partial charge in [0.05, 0.1) is 10.9 Å². The van der Waals surface area contributed by atoms with Crippen LogP contribution in [0.15, 0.2) is 59.5 Å². The molecular weight excluding hydrogens is 412 g/mol. The van der Waals surface area contributed by atoms with Crippen LogP contribution in [0.25, 0.3) is 0 Å². The van der Waals surface area contributed by atoms with Gasteiger partial charge in [-0.2, -0.15) is 4.31 Å². The zero-order valence-electron chi connectivity index (χ0n) is 17.7. The Morgan fingerprint density at radius 3 is 2.10 bits per heavy atom. The maximum Gasteiger partial charge on any atom is 0.243 e. The standard InChI is InChI=1S/C24H28N2O4S/c1-17(27)18-9-11-22(12-10-18)31(29,30)26-15-13-21(14-16-26)24(28)25-23(20-7-8-20)19-5-3-2-4-6-19/h2-6,9-12,20-21,23H,7-8,13-16H2,1H3,(H,25,28). The molecule has 2 aliphatic rings. The fourth-order valence-corrected chi connectivity index (χ4v) is 5.67. The van der Waals surface area contributed by atoms with E-state index < -0.39 is 10.0 Å². The molecule has 1 aliphatic carbocycles. The Kier molecular flexibility index (Phi) is 6.25. The van der Waals surface area contributed by atoms with E-state index in [9.17, 15) is 18.0 Å². The molecule has 1 aliphatic heterocycles. The number of carbonyl (C=O) groups excluding carboxylic acids is 2. The average molecular weight is 441 g/mol. The van der Waals surface area contributed by atoms with E-state index in [2.05, 4.69) is 17.4 Å². The minimum absolute atomic E-state index is 0.0172. The average Bonchev–Trinajstić information content (AvgIpc) is 3.63. The molecule has 0 bridgehead atoms. The maximum atomic E-state index is 12.9. The normalized spacial score (nSPS) is 19.0. The second-order valence-corrected chi connectivity index (χ2v) is 10.4. The number of benzene rings is 2. The molecule has 7 heteroatoms. The first-order valence-corrected chi connectivity index (χ1v) is 12.3. The Bertz CT molecular complexity index is 1040. The van der Waals surface area contributed by atoms with Gasteiger partial charge < -0.3 is 5.32 Å². The van der Waals surface area contributed by atoms with Crippen LogP contribution in [0.1, 0.15) is 54.6 Å². The Hall–Kier alpha value is -2.51. The quantitative estimate of drug-likeness (QED) is 0.668. The molecule has 0 radical (unpaired) electrons. The Labute approximate surface area is 183 Å². The van der Waals surface area contributed by atoms with Crippen LogP contribution in [0.4, 0.5) is 0 Å². The van der Waals surface area contributed by atoms with E-state index in [0.717, 1.165) is 18.4 Å². The summed E-state index contributed by atoms with van der Waals surface area (Å²) in [6.45, 7) is 2.08. The molecule has 2 aromatic carbocycles. The largest absolute Gasteiger partial charge is 0.349 e. The summed E-state index contributed by atoms with van der Waals surface area (Å²) in [6, 6.07) is 16.1. The van der Waals surface area contributed by atoms with Crippen molar-refractivity contribution in [1.82, 2.24) is 9.62 Å². The van der Waals surface area contributed by atoms with Crippen molar-refractivity contribution >= 4 is 21.7 Å². The van der Waals surface area contributed by atoms with Gasteiger partial charge in [0.15, 0.2) is 5.78 Å². The van der Waals surface area contributed by atoms with Gasteiger partial charge in [0.2, 0.25) is 15.9 Å². The van der Waals surface area contributed by atoms with E-state index in [4.69, 9.17) is 0 Å². The lowest BCUT2D eigenvalue weighted by molar-refractivity contribution is -0.127. The van der Waals surface area contributed by atoms with Gasteiger partial charge in [0, 0.05) is 24.6 Å². The van der Waals surface area contributed by atoms with E-state index in [1.165, 1.54) is 35.5 Å². The number of hydrogen-bond donors (Lipinski definition) is 1. The molecule has 164 valence electrons. The molecule has 0 spiro atoms. The highest BCUT2D eigenvalue weighted by atomic mass is 32.2. The number of ketones is 1. The van der Waals surface area contributed by atoms with E-state index >= 15 is 0 Å². The summed E-state index contributed by atoms with van der Waals surface area (Å²) < 4.78 is 27.3. The Morgan fingerprint density at radius 1 is 0.935 bits per heavy atom. The minimum atomic E-state index is -3.63. The van der Waals surface area contributed by atoms with Crippen LogP contribution >= 0.6 is 0 Å². The molecule has 1 N–H and O–H groups in total. The number of nitrogens with zero attached hydrogens (tertiary/aromatic N) is 1. The van der Waals surface area contributed by atoms with Crippen molar-refractivity contribution in [1.29, 1.82) is 0 Å². The number of sulfonamides is 1. The number of hydrogen-bond acceptors (Lipinski definition) is 4. The SMILES string of the molecule is CC(=O)c1ccc(S(=O)(=O)N2CCC(C(=O)NC(c3ccccc3)C3CC3)CC2)cc1. The lowest BCUT2D eigenvalue weighted by Crippen LogP contribution is -2.43. The van der Waals surface area contributed by atoms with Crippen molar-refractivity contribution < 1.29 is 18.0 Å². The van der Waals surface area contributed by atoms with Gasteiger partial charge in [-0.05, 0) is 56.2 Å². The second-order valence-electron chi connectivity index (χ2n) is 8.49. The highest BCUT2D eigenvalue weighted by Gasteiger charge is 2.36. The zero-order valence-corrected chi connectivity index (χ0v) is 18.5.